The van der Waals surface area contributed by atoms with Crippen molar-refractivity contribution in [1.29, 1.82) is 0 Å². The van der Waals surface area contributed by atoms with Gasteiger partial charge in [-0.3, -0.25) is 9.52 Å². The molecule has 2 N–H and O–H groups in total. The zero-order valence-electron chi connectivity index (χ0n) is 16.5. The van der Waals surface area contributed by atoms with Gasteiger partial charge in [0.05, 0.1) is 12.0 Å². The molecule has 3 rings (SSSR count). The first-order valence-electron chi connectivity index (χ1n) is 9.08. The molecule has 156 valence electrons. The van der Waals surface area contributed by atoms with E-state index in [0.717, 1.165) is 11.6 Å². The van der Waals surface area contributed by atoms with Crippen LogP contribution in [0.4, 0.5) is 10.1 Å². The van der Waals surface area contributed by atoms with Crippen LogP contribution in [0.2, 0.25) is 0 Å². The van der Waals surface area contributed by atoms with Crippen molar-refractivity contribution in [3.63, 3.8) is 0 Å². The molecule has 0 spiro atoms. The molecule has 0 aromatic heterocycles. The van der Waals surface area contributed by atoms with E-state index in [1.807, 2.05) is 18.2 Å². The molecule has 30 heavy (non-hydrogen) atoms. The summed E-state index contributed by atoms with van der Waals surface area (Å²) in [5.74, 6) is -0.283. The number of anilines is 1. The second kappa shape index (κ2) is 8.96. The van der Waals surface area contributed by atoms with Gasteiger partial charge in [0.15, 0.2) is 0 Å². The molecule has 6 nitrogen and oxygen atoms in total. The molecule has 3 aromatic rings. The summed E-state index contributed by atoms with van der Waals surface area (Å²) in [6.07, 6.45) is 0. The number of nitrogens with one attached hydrogen (secondary N) is 2. The van der Waals surface area contributed by atoms with Crippen LogP contribution in [0.25, 0.3) is 0 Å². The lowest BCUT2D eigenvalue weighted by Crippen LogP contribution is -2.23. The molecule has 0 atom stereocenters. The summed E-state index contributed by atoms with van der Waals surface area (Å²) < 4.78 is 46.3. The molecule has 0 bridgehead atoms. The molecule has 1 amide bonds. The van der Waals surface area contributed by atoms with Crippen LogP contribution in [0, 0.1) is 12.7 Å². The third-order valence-corrected chi connectivity index (χ3v) is 5.80. The smallest absolute Gasteiger partial charge is 0.261 e. The van der Waals surface area contributed by atoms with Gasteiger partial charge in [-0.15, -0.1) is 0 Å². The normalized spacial score (nSPS) is 11.0. The number of hydrogen-bond acceptors (Lipinski definition) is 4. The molecule has 0 heterocycles. The van der Waals surface area contributed by atoms with E-state index in [1.165, 1.54) is 24.3 Å². The van der Waals surface area contributed by atoms with Gasteiger partial charge in [-0.05, 0) is 60.5 Å². The van der Waals surface area contributed by atoms with Gasteiger partial charge < -0.3 is 10.1 Å². The fraction of sp³-hybridized carbons (Fsp3) is 0.136. The minimum absolute atomic E-state index is 0.196. The van der Waals surface area contributed by atoms with Crippen molar-refractivity contribution in [3.8, 4) is 5.75 Å². The van der Waals surface area contributed by atoms with E-state index in [9.17, 15) is 17.6 Å². The first-order valence-corrected chi connectivity index (χ1v) is 10.6. The van der Waals surface area contributed by atoms with Crippen LogP contribution in [0.3, 0.4) is 0 Å². The van der Waals surface area contributed by atoms with Gasteiger partial charge in [0.25, 0.3) is 15.9 Å². The molecule has 0 aliphatic heterocycles. The van der Waals surface area contributed by atoms with E-state index in [1.54, 1.807) is 32.2 Å². The largest absolute Gasteiger partial charge is 0.497 e. The van der Waals surface area contributed by atoms with Gasteiger partial charge in [0, 0.05) is 17.8 Å². The Kier molecular flexibility index (Phi) is 6.37. The van der Waals surface area contributed by atoms with Gasteiger partial charge in [-0.1, -0.05) is 24.3 Å². The van der Waals surface area contributed by atoms with Crippen LogP contribution in [-0.4, -0.2) is 21.4 Å². The second-order valence-electron chi connectivity index (χ2n) is 6.63. The van der Waals surface area contributed by atoms with Crippen LogP contribution < -0.4 is 14.8 Å². The Hall–Kier alpha value is -3.39. The van der Waals surface area contributed by atoms with Gasteiger partial charge in [-0.2, -0.15) is 0 Å². The summed E-state index contributed by atoms with van der Waals surface area (Å²) in [5, 5.41) is 2.78. The molecular formula is C22H21FN2O4S. The Morgan fingerprint density at radius 1 is 1.03 bits per heavy atom. The summed E-state index contributed by atoms with van der Waals surface area (Å²) in [6, 6.07) is 17.0. The average Bonchev–Trinajstić information content (AvgIpc) is 2.74. The van der Waals surface area contributed by atoms with E-state index in [4.69, 9.17) is 4.74 Å². The van der Waals surface area contributed by atoms with Gasteiger partial charge in [-0.25, -0.2) is 12.8 Å². The number of amides is 1. The molecule has 3 aromatic carbocycles. The monoisotopic (exact) mass is 428 g/mol. The van der Waals surface area contributed by atoms with E-state index >= 15 is 0 Å². The topological polar surface area (TPSA) is 84.5 Å². The highest BCUT2D eigenvalue weighted by atomic mass is 32.2. The fourth-order valence-electron chi connectivity index (χ4n) is 2.75. The zero-order valence-corrected chi connectivity index (χ0v) is 17.3. The van der Waals surface area contributed by atoms with E-state index in [-0.39, 0.29) is 28.6 Å². The summed E-state index contributed by atoms with van der Waals surface area (Å²) in [5.41, 5.74) is 1.70. The van der Waals surface area contributed by atoms with Crippen LogP contribution in [0.1, 0.15) is 21.5 Å². The lowest BCUT2D eigenvalue weighted by atomic mass is 10.1. The predicted octanol–water partition coefficient (Wildman–Crippen LogP) is 3.87. The average molecular weight is 428 g/mol. The third kappa shape index (κ3) is 5.15. The SMILES string of the molecule is COc1cccc(CNC(=O)c2cccc(NS(=O)(=O)c3ccc(C)c(F)c3)c2)c1. The molecule has 0 aliphatic rings. The number of sulfonamides is 1. The first-order chi connectivity index (χ1) is 14.3. The predicted molar refractivity (Wildman–Crippen MR) is 113 cm³/mol. The van der Waals surface area contributed by atoms with Crippen LogP contribution in [-0.2, 0) is 16.6 Å². The molecule has 8 heteroatoms. The quantitative estimate of drug-likeness (QED) is 0.598. The highest BCUT2D eigenvalue weighted by Crippen LogP contribution is 2.19. The van der Waals surface area contributed by atoms with Crippen molar-refractivity contribution >= 4 is 21.6 Å². The fourth-order valence-corrected chi connectivity index (χ4v) is 3.81. The molecule has 0 aliphatic carbocycles. The minimum Gasteiger partial charge on any atom is -0.497 e. The zero-order chi connectivity index (χ0) is 21.7. The Labute approximate surface area is 174 Å². The summed E-state index contributed by atoms with van der Waals surface area (Å²) >= 11 is 0. The summed E-state index contributed by atoms with van der Waals surface area (Å²) in [6.45, 7) is 1.83. The molecule has 0 unspecified atom stereocenters. The lowest BCUT2D eigenvalue weighted by molar-refractivity contribution is 0.0951. The number of rotatable bonds is 7. The Morgan fingerprint density at radius 2 is 1.80 bits per heavy atom. The molecular weight excluding hydrogens is 407 g/mol. The van der Waals surface area contributed by atoms with Crippen molar-refractivity contribution in [1.82, 2.24) is 5.32 Å². The van der Waals surface area contributed by atoms with E-state index in [2.05, 4.69) is 10.0 Å². The third-order valence-electron chi connectivity index (χ3n) is 4.42. The highest BCUT2D eigenvalue weighted by Gasteiger charge is 2.16. The Morgan fingerprint density at radius 3 is 2.53 bits per heavy atom. The maximum Gasteiger partial charge on any atom is 0.261 e. The van der Waals surface area contributed by atoms with Gasteiger partial charge >= 0.3 is 0 Å². The van der Waals surface area contributed by atoms with Gasteiger partial charge in [0.2, 0.25) is 0 Å². The summed E-state index contributed by atoms with van der Waals surface area (Å²) in [4.78, 5) is 12.3. The second-order valence-corrected chi connectivity index (χ2v) is 8.31. The molecule has 0 fully saturated rings. The number of carbonyl (C=O) groups excluding carboxylic acids is 1. The molecule has 0 radical (unpaired) electrons. The van der Waals surface area contributed by atoms with Crippen molar-refractivity contribution in [2.24, 2.45) is 0 Å². The number of carbonyl (C=O) groups is 1. The number of methoxy groups -OCH3 is 1. The maximum absolute atomic E-state index is 13.7. The highest BCUT2D eigenvalue weighted by molar-refractivity contribution is 7.92. The van der Waals surface area contributed by atoms with Gasteiger partial charge in [0.1, 0.15) is 11.6 Å². The van der Waals surface area contributed by atoms with Crippen molar-refractivity contribution < 1.29 is 22.3 Å². The Bertz CT molecular complexity index is 1180. The van der Waals surface area contributed by atoms with Crippen LogP contribution >= 0.6 is 0 Å². The first kappa shape index (κ1) is 21.3. The van der Waals surface area contributed by atoms with E-state index < -0.39 is 15.8 Å². The van der Waals surface area contributed by atoms with E-state index in [0.29, 0.717) is 11.3 Å². The molecule has 0 saturated heterocycles. The van der Waals surface area contributed by atoms with Crippen LogP contribution in [0.15, 0.2) is 71.6 Å². The molecule has 0 saturated carbocycles. The Balaban J connectivity index is 1.71. The van der Waals surface area contributed by atoms with Crippen molar-refractivity contribution in [2.75, 3.05) is 11.8 Å². The number of ether oxygens (including phenoxy) is 1. The minimum atomic E-state index is -3.99. The number of benzene rings is 3. The van der Waals surface area contributed by atoms with Crippen LogP contribution in [0.5, 0.6) is 5.75 Å². The van der Waals surface area contributed by atoms with Crippen molar-refractivity contribution in [3.05, 3.63) is 89.2 Å². The summed E-state index contributed by atoms with van der Waals surface area (Å²) in [7, 11) is -2.43. The number of aryl methyl sites for hydroxylation is 1. The lowest BCUT2D eigenvalue weighted by Gasteiger charge is -2.11. The van der Waals surface area contributed by atoms with Crippen molar-refractivity contribution in [2.45, 2.75) is 18.4 Å². The number of hydrogen-bond donors (Lipinski definition) is 2. The standard InChI is InChI=1S/C22H21FN2O4S/c1-15-9-10-20(13-21(15)23)30(27,28)25-18-7-4-6-17(12-18)22(26)24-14-16-5-3-8-19(11-16)29-2/h3-13,25H,14H2,1-2H3,(H,24,26). The maximum atomic E-state index is 13.7. The number of halogens is 1.